The van der Waals surface area contributed by atoms with Crippen LogP contribution in [0.5, 0.6) is 0 Å². The van der Waals surface area contributed by atoms with Gasteiger partial charge in [-0.1, -0.05) is 24.3 Å². The Morgan fingerprint density at radius 2 is 1.50 bits per heavy atom. The van der Waals surface area contributed by atoms with Crippen molar-refractivity contribution in [3.8, 4) is 17.2 Å². The van der Waals surface area contributed by atoms with E-state index in [-0.39, 0.29) is 12.1 Å². The molecule has 0 fully saturated rings. The Kier molecular flexibility index (Phi) is 4.17. The topological polar surface area (TPSA) is 50.1 Å². The summed E-state index contributed by atoms with van der Waals surface area (Å²) in [5, 5.41) is 8.77. The van der Waals surface area contributed by atoms with Crippen molar-refractivity contribution < 1.29 is 9.53 Å². The Morgan fingerprint density at radius 1 is 1.00 bits per heavy atom. The molecule has 0 amide bonds. The molecule has 0 N–H and O–H groups in total. The van der Waals surface area contributed by atoms with Gasteiger partial charge < -0.3 is 4.74 Å². The Balaban J connectivity index is 2.19. The minimum Gasteiger partial charge on any atom is -0.459 e. The predicted octanol–water partition coefficient (Wildman–Crippen LogP) is 3.79. The van der Waals surface area contributed by atoms with Crippen LogP contribution < -0.4 is 0 Å². The minimum atomic E-state index is -0.314. The Bertz CT molecular complexity index is 634. The van der Waals surface area contributed by atoms with Crippen LogP contribution in [0, 0.1) is 11.3 Å². The van der Waals surface area contributed by atoms with Crippen molar-refractivity contribution >= 4 is 5.97 Å². The molecule has 0 aliphatic carbocycles. The highest BCUT2D eigenvalue weighted by atomic mass is 16.5. The number of hydrogen-bond donors (Lipinski definition) is 0. The fraction of sp³-hybridized carbons (Fsp3) is 0.176. The summed E-state index contributed by atoms with van der Waals surface area (Å²) in [7, 11) is 0. The second-order valence-corrected chi connectivity index (χ2v) is 4.72. The molecule has 0 bridgehead atoms. The van der Waals surface area contributed by atoms with Crippen LogP contribution in [0.15, 0.2) is 48.5 Å². The largest absolute Gasteiger partial charge is 0.459 e. The molecule has 100 valence electrons. The van der Waals surface area contributed by atoms with Crippen molar-refractivity contribution in [3.05, 3.63) is 59.7 Å². The van der Waals surface area contributed by atoms with Gasteiger partial charge in [-0.25, -0.2) is 4.79 Å². The zero-order valence-electron chi connectivity index (χ0n) is 11.5. The molecule has 3 nitrogen and oxygen atoms in total. The Morgan fingerprint density at radius 3 is 1.95 bits per heavy atom. The van der Waals surface area contributed by atoms with Crippen molar-refractivity contribution in [1.29, 1.82) is 5.26 Å². The summed E-state index contributed by atoms with van der Waals surface area (Å²) in [6, 6.07) is 16.7. The van der Waals surface area contributed by atoms with Gasteiger partial charge in [-0.05, 0) is 49.2 Å². The van der Waals surface area contributed by atoms with Gasteiger partial charge in [0.05, 0.1) is 23.3 Å². The predicted molar refractivity (Wildman–Crippen MR) is 77.1 cm³/mol. The standard InChI is InChI=1S/C17H15NO2/c1-12(2)20-17(19)16-9-7-15(8-10-16)14-5-3-13(11-18)4-6-14/h3-10,12H,1-2H3. The van der Waals surface area contributed by atoms with Gasteiger partial charge in [-0.3, -0.25) is 0 Å². The molecule has 0 unspecified atom stereocenters. The van der Waals surface area contributed by atoms with Crippen LogP contribution in [0.4, 0.5) is 0 Å². The number of ether oxygens (including phenoxy) is 1. The molecule has 0 heterocycles. The van der Waals surface area contributed by atoms with E-state index in [4.69, 9.17) is 10.00 Å². The molecule has 0 aromatic heterocycles. The van der Waals surface area contributed by atoms with Gasteiger partial charge in [0, 0.05) is 0 Å². The van der Waals surface area contributed by atoms with Crippen LogP contribution >= 0.6 is 0 Å². The summed E-state index contributed by atoms with van der Waals surface area (Å²) in [5.74, 6) is -0.314. The van der Waals surface area contributed by atoms with E-state index in [2.05, 4.69) is 6.07 Å². The summed E-state index contributed by atoms with van der Waals surface area (Å²) < 4.78 is 5.14. The minimum absolute atomic E-state index is 0.124. The lowest BCUT2D eigenvalue weighted by Gasteiger charge is -2.08. The monoisotopic (exact) mass is 265 g/mol. The number of nitriles is 1. The van der Waals surface area contributed by atoms with E-state index < -0.39 is 0 Å². The first-order chi connectivity index (χ1) is 9.60. The maximum Gasteiger partial charge on any atom is 0.338 e. The average molecular weight is 265 g/mol. The van der Waals surface area contributed by atoms with Crippen LogP contribution in [-0.4, -0.2) is 12.1 Å². The van der Waals surface area contributed by atoms with Gasteiger partial charge >= 0.3 is 5.97 Å². The summed E-state index contributed by atoms with van der Waals surface area (Å²) in [6.45, 7) is 3.64. The van der Waals surface area contributed by atoms with Crippen LogP contribution in [0.25, 0.3) is 11.1 Å². The highest BCUT2D eigenvalue weighted by molar-refractivity contribution is 5.90. The van der Waals surface area contributed by atoms with Gasteiger partial charge in [0.25, 0.3) is 0 Å². The first-order valence-corrected chi connectivity index (χ1v) is 6.41. The third-order valence-electron chi connectivity index (χ3n) is 2.81. The molecule has 0 saturated carbocycles. The molecule has 20 heavy (non-hydrogen) atoms. The maximum atomic E-state index is 11.7. The van der Waals surface area contributed by atoms with Gasteiger partial charge in [0.15, 0.2) is 0 Å². The van der Waals surface area contributed by atoms with Crippen molar-refractivity contribution in [3.63, 3.8) is 0 Å². The molecular formula is C17H15NO2. The fourth-order valence-corrected chi connectivity index (χ4v) is 1.82. The summed E-state index contributed by atoms with van der Waals surface area (Å²) in [5.41, 5.74) is 3.17. The molecule has 0 saturated heterocycles. The molecule has 3 heteroatoms. The van der Waals surface area contributed by atoms with E-state index in [9.17, 15) is 4.79 Å². The van der Waals surface area contributed by atoms with Crippen LogP contribution in [0.3, 0.4) is 0 Å². The quantitative estimate of drug-likeness (QED) is 0.793. The molecule has 2 aromatic rings. The van der Waals surface area contributed by atoms with E-state index in [0.717, 1.165) is 11.1 Å². The molecule has 0 radical (unpaired) electrons. The molecule has 0 aliphatic rings. The molecule has 0 atom stereocenters. The first kappa shape index (κ1) is 13.8. The normalized spacial score (nSPS) is 10.1. The van der Waals surface area contributed by atoms with Crippen LogP contribution in [0.1, 0.15) is 29.8 Å². The highest BCUT2D eigenvalue weighted by Crippen LogP contribution is 2.20. The Labute approximate surface area is 118 Å². The van der Waals surface area contributed by atoms with Crippen LogP contribution in [0.2, 0.25) is 0 Å². The van der Waals surface area contributed by atoms with E-state index in [0.29, 0.717) is 11.1 Å². The lowest BCUT2D eigenvalue weighted by Crippen LogP contribution is -2.11. The third-order valence-corrected chi connectivity index (χ3v) is 2.81. The second-order valence-electron chi connectivity index (χ2n) is 4.72. The Hall–Kier alpha value is -2.60. The lowest BCUT2D eigenvalue weighted by atomic mass is 10.0. The van der Waals surface area contributed by atoms with Crippen LogP contribution in [-0.2, 0) is 4.74 Å². The second kappa shape index (κ2) is 6.03. The first-order valence-electron chi connectivity index (χ1n) is 6.41. The summed E-state index contributed by atoms with van der Waals surface area (Å²) in [4.78, 5) is 11.7. The van der Waals surface area contributed by atoms with Gasteiger partial charge in [0.2, 0.25) is 0 Å². The molecule has 0 aliphatic heterocycles. The molecular weight excluding hydrogens is 250 g/mol. The fourth-order valence-electron chi connectivity index (χ4n) is 1.82. The molecule has 2 rings (SSSR count). The van der Waals surface area contributed by atoms with Gasteiger partial charge in [-0.15, -0.1) is 0 Å². The zero-order chi connectivity index (χ0) is 14.5. The van der Waals surface area contributed by atoms with Gasteiger partial charge in [-0.2, -0.15) is 5.26 Å². The van der Waals surface area contributed by atoms with Crippen molar-refractivity contribution in [1.82, 2.24) is 0 Å². The number of nitrogens with zero attached hydrogens (tertiary/aromatic N) is 1. The summed E-state index contributed by atoms with van der Waals surface area (Å²) in [6.07, 6.45) is -0.124. The lowest BCUT2D eigenvalue weighted by molar-refractivity contribution is 0.0378. The van der Waals surface area contributed by atoms with Gasteiger partial charge in [0.1, 0.15) is 0 Å². The van der Waals surface area contributed by atoms with E-state index >= 15 is 0 Å². The number of carbonyl (C=O) groups is 1. The number of carbonyl (C=O) groups excluding carboxylic acids is 1. The maximum absolute atomic E-state index is 11.7. The number of rotatable bonds is 3. The number of benzene rings is 2. The van der Waals surface area contributed by atoms with Crippen molar-refractivity contribution in [2.45, 2.75) is 20.0 Å². The average Bonchev–Trinajstić information content (AvgIpc) is 2.47. The summed E-state index contributed by atoms with van der Waals surface area (Å²) >= 11 is 0. The SMILES string of the molecule is CC(C)OC(=O)c1ccc(-c2ccc(C#N)cc2)cc1. The smallest absolute Gasteiger partial charge is 0.338 e. The van der Waals surface area contributed by atoms with Crippen molar-refractivity contribution in [2.75, 3.05) is 0 Å². The highest BCUT2D eigenvalue weighted by Gasteiger charge is 2.09. The van der Waals surface area contributed by atoms with E-state index in [1.807, 2.05) is 38.1 Å². The number of hydrogen-bond acceptors (Lipinski definition) is 3. The number of esters is 1. The van der Waals surface area contributed by atoms with E-state index in [1.165, 1.54) is 0 Å². The third kappa shape index (κ3) is 3.24. The van der Waals surface area contributed by atoms with E-state index in [1.54, 1.807) is 24.3 Å². The zero-order valence-corrected chi connectivity index (χ0v) is 11.5. The van der Waals surface area contributed by atoms with Crippen molar-refractivity contribution in [2.24, 2.45) is 0 Å². The molecule has 0 spiro atoms. The molecule has 2 aromatic carbocycles.